The van der Waals surface area contributed by atoms with Gasteiger partial charge in [0.1, 0.15) is 5.75 Å². The van der Waals surface area contributed by atoms with Gasteiger partial charge in [0.05, 0.1) is 5.69 Å². The largest absolute Gasteiger partial charge is 0.506 e. The van der Waals surface area contributed by atoms with Gasteiger partial charge in [-0.2, -0.15) is 0 Å². The van der Waals surface area contributed by atoms with Gasteiger partial charge in [0, 0.05) is 16.0 Å². The lowest BCUT2D eigenvalue weighted by Gasteiger charge is -1.97. The monoisotopic (exact) mass is 265 g/mol. The molecule has 0 atom stereocenters. The second-order valence-corrected chi connectivity index (χ2v) is 3.23. The van der Waals surface area contributed by atoms with Crippen molar-refractivity contribution in [3.63, 3.8) is 0 Å². The zero-order chi connectivity index (χ0) is 7.56. The molecule has 0 spiro atoms. The van der Waals surface area contributed by atoms with Crippen LogP contribution in [-0.2, 0) is 5.33 Å². The van der Waals surface area contributed by atoms with Gasteiger partial charge in [0.2, 0.25) is 0 Å². The fourth-order valence-corrected chi connectivity index (χ4v) is 1.31. The lowest BCUT2D eigenvalue weighted by atomic mass is 10.3. The van der Waals surface area contributed by atoms with Crippen LogP contribution in [0.5, 0.6) is 5.75 Å². The van der Waals surface area contributed by atoms with Gasteiger partial charge in [0.15, 0.2) is 0 Å². The molecule has 2 nitrogen and oxygen atoms in total. The van der Waals surface area contributed by atoms with E-state index in [1.165, 1.54) is 0 Å². The van der Waals surface area contributed by atoms with E-state index in [1.807, 2.05) is 0 Å². The molecule has 0 radical (unpaired) electrons. The van der Waals surface area contributed by atoms with Crippen LogP contribution in [0.3, 0.4) is 0 Å². The number of hydrogen-bond donors (Lipinski definition) is 1. The molecular weight excluding hydrogens is 262 g/mol. The Morgan fingerprint density at radius 1 is 1.60 bits per heavy atom. The summed E-state index contributed by atoms with van der Waals surface area (Å²) >= 11 is 6.38. The van der Waals surface area contributed by atoms with Gasteiger partial charge in [-0.25, -0.2) is 0 Å². The summed E-state index contributed by atoms with van der Waals surface area (Å²) in [4.78, 5) is 3.95. The third kappa shape index (κ3) is 1.70. The summed E-state index contributed by atoms with van der Waals surface area (Å²) < 4.78 is 0.787. The van der Waals surface area contributed by atoms with Crippen LogP contribution in [0, 0.1) is 0 Å². The SMILES string of the molecule is Oc1cc(Br)cnc1CBr. The fraction of sp³-hybridized carbons (Fsp3) is 0.167. The van der Waals surface area contributed by atoms with Gasteiger partial charge >= 0.3 is 0 Å². The molecule has 0 saturated heterocycles. The molecule has 1 N–H and O–H groups in total. The van der Waals surface area contributed by atoms with Gasteiger partial charge < -0.3 is 5.11 Å². The molecule has 0 amide bonds. The average Bonchev–Trinajstić information content (AvgIpc) is 1.88. The number of aromatic nitrogens is 1. The van der Waals surface area contributed by atoms with Gasteiger partial charge in [-0.05, 0) is 22.0 Å². The maximum Gasteiger partial charge on any atom is 0.139 e. The van der Waals surface area contributed by atoms with Crippen LogP contribution in [0.4, 0.5) is 0 Å². The van der Waals surface area contributed by atoms with Crippen molar-refractivity contribution in [2.24, 2.45) is 0 Å². The summed E-state index contributed by atoms with van der Waals surface area (Å²) in [6, 6.07) is 1.61. The minimum absolute atomic E-state index is 0.214. The fourth-order valence-electron chi connectivity index (χ4n) is 0.560. The molecule has 0 aliphatic carbocycles. The third-order valence-corrected chi connectivity index (χ3v) is 2.01. The third-order valence-electron chi connectivity index (χ3n) is 1.04. The molecule has 1 aromatic heterocycles. The van der Waals surface area contributed by atoms with E-state index in [4.69, 9.17) is 5.11 Å². The molecule has 0 aliphatic rings. The van der Waals surface area contributed by atoms with Crippen LogP contribution in [0.15, 0.2) is 16.7 Å². The summed E-state index contributed by atoms with van der Waals surface area (Å²) in [5, 5.41) is 9.74. The zero-order valence-electron chi connectivity index (χ0n) is 5.01. The Hall–Kier alpha value is -0.0900. The number of alkyl halides is 1. The summed E-state index contributed by atoms with van der Waals surface area (Å²) in [6.45, 7) is 0. The van der Waals surface area contributed by atoms with Crippen molar-refractivity contribution >= 4 is 31.9 Å². The molecule has 1 aromatic rings. The van der Waals surface area contributed by atoms with Crippen molar-refractivity contribution in [1.29, 1.82) is 0 Å². The Balaban J connectivity index is 3.07. The van der Waals surface area contributed by atoms with Crippen molar-refractivity contribution in [2.75, 3.05) is 0 Å². The number of nitrogens with zero attached hydrogens (tertiary/aromatic N) is 1. The number of pyridine rings is 1. The van der Waals surface area contributed by atoms with Crippen LogP contribution in [0.2, 0.25) is 0 Å². The van der Waals surface area contributed by atoms with Gasteiger partial charge in [-0.15, -0.1) is 0 Å². The highest BCUT2D eigenvalue weighted by molar-refractivity contribution is 9.10. The van der Waals surface area contributed by atoms with Crippen LogP contribution in [0.25, 0.3) is 0 Å². The molecule has 0 fully saturated rings. The van der Waals surface area contributed by atoms with E-state index < -0.39 is 0 Å². The van der Waals surface area contributed by atoms with Crippen molar-refractivity contribution in [3.8, 4) is 5.75 Å². The molecule has 0 aliphatic heterocycles. The predicted molar refractivity (Wildman–Crippen MR) is 46.2 cm³/mol. The Kier molecular flexibility index (Phi) is 2.68. The Morgan fingerprint density at radius 2 is 2.30 bits per heavy atom. The first kappa shape index (κ1) is 8.01. The highest BCUT2D eigenvalue weighted by atomic mass is 79.9. The molecule has 4 heteroatoms. The highest BCUT2D eigenvalue weighted by Gasteiger charge is 1.99. The second kappa shape index (κ2) is 3.34. The zero-order valence-corrected chi connectivity index (χ0v) is 8.18. The van der Waals surface area contributed by atoms with Crippen molar-refractivity contribution in [3.05, 3.63) is 22.4 Å². The number of rotatable bonds is 1. The molecule has 0 unspecified atom stereocenters. The first-order chi connectivity index (χ1) is 4.74. The maximum absolute atomic E-state index is 9.17. The van der Waals surface area contributed by atoms with Gasteiger partial charge in [-0.1, -0.05) is 15.9 Å². The van der Waals surface area contributed by atoms with E-state index in [-0.39, 0.29) is 5.75 Å². The molecule has 0 aromatic carbocycles. The van der Waals surface area contributed by atoms with E-state index >= 15 is 0 Å². The molecule has 1 heterocycles. The smallest absolute Gasteiger partial charge is 0.139 e. The topological polar surface area (TPSA) is 33.1 Å². The van der Waals surface area contributed by atoms with Gasteiger partial charge in [-0.3, -0.25) is 4.98 Å². The molecule has 0 saturated carbocycles. The summed E-state index contributed by atoms with van der Waals surface area (Å²) in [5.74, 6) is 0.214. The van der Waals surface area contributed by atoms with E-state index in [0.29, 0.717) is 11.0 Å². The number of halogens is 2. The molecular formula is C6H5Br2NO. The summed E-state index contributed by atoms with van der Waals surface area (Å²) in [5.41, 5.74) is 0.656. The van der Waals surface area contributed by atoms with Gasteiger partial charge in [0.25, 0.3) is 0 Å². The lowest BCUT2D eigenvalue weighted by molar-refractivity contribution is 0.467. The van der Waals surface area contributed by atoms with Crippen LogP contribution < -0.4 is 0 Å². The standard InChI is InChI=1S/C6H5Br2NO/c7-2-5-6(10)1-4(8)3-9-5/h1,3,10H,2H2. The van der Waals surface area contributed by atoms with E-state index in [0.717, 1.165) is 4.47 Å². The van der Waals surface area contributed by atoms with E-state index in [1.54, 1.807) is 12.3 Å². The molecule has 1 rings (SSSR count). The molecule has 10 heavy (non-hydrogen) atoms. The summed E-state index contributed by atoms with van der Waals surface area (Å²) in [6.07, 6.45) is 1.65. The number of aromatic hydroxyl groups is 1. The van der Waals surface area contributed by atoms with Crippen molar-refractivity contribution in [1.82, 2.24) is 4.98 Å². The highest BCUT2D eigenvalue weighted by Crippen LogP contribution is 2.20. The summed E-state index contributed by atoms with van der Waals surface area (Å²) in [7, 11) is 0. The van der Waals surface area contributed by atoms with E-state index in [9.17, 15) is 0 Å². The first-order valence-corrected chi connectivity index (χ1v) is 4.55. The van der Waals surface area contributed by atoms with Crippen molar-refractivity contribution in [2.45, 2.75) is 5.33 Å². The average molecular weight is 267 g/mol. The second-order valence-electron chi connectivity index (χ2n) is 1.75. The Morgan fingerprint density at radius 3 is 2.80 bits per heavy atom. The Labute approximate surface area is 75.5 Å². The predicted octanol–water partition coefficient (Wildman–Crippen LogP) is 2.44. The Bertz CT molecular complexity index is 239. The van der Waals surface area contributed by atoms with Crippen LogP contribution >= 0.6 is 31.9 Å². The van der Waals surface area contributed by atoms with Crippen molar-refractivity contribution < 1.29 is 5.11 Å². The van der Waals surface area contributed by atoms with Crippen LogP contribution in [-0.4, -0.2) is 10.1 Å². The quantitative estimate of drug-likeness (QED) is 0.792. The van der Waals surface area contributed by atoms with E-state index in [2.05, 4.69) is 36.8 Å². The maximum atomic E-state index is 9.17. The first-order valence-electron chi connectivity index (χ1n) is 2.63. The molecule has 0 bridgehead atoms. The minimum atomic E-state index is 0.214. The number of hydrogen-bond acceptors (Lipinski definition) is 2. The minimum Gasteiger partial charge on any atom is -0.506 e. The lowest BCUT2D eigenvalue weighted by Crippen LogP contribution is -1.84. The molecule has 54 valence electrons. The normalized spacial score (nSPS) is 9.80. The van der Waals surface area contributed by atoms with Crippen LogP contribution in [0.1, 0.15) is 5.69 Å².